The van der Waals surface area contributed by atoms with Gasteiger partial charge in [0, 0.05) is 25.0 Å². The molecule has 0 aliphatic rings. The average Bonchev–Trinajstić information content (AvgIpc) is 3.07. The van der Waals surface area contributed by atoms with Crippen molar-refractivity contribution in [3.05, 3.63) is 36.7 Å². The van der Waals surface area contributed by atoms with Gasteiger partial charge in [-0.15, -0.1) is 0 Å². The maximum atomic E-state index is 11.9. The minimum absolute atomic E-state index is 0.0933. The van der Waals surface area contributed by atoms with Crippen LogP contribution in [0.4, 0.5) is 4.79 Å². The van der Waals surface area contributed by atoms with E-state index in [-0.39, 0.29) is 11.7 Å². The molecular weight excluding hydrogens is 340 g/mol. The molecular formula is C17H22N4O3S. The number of amides is 3. The van der Waals surface area contributed by atoms with Gasteiger partial charge in [-0.05, 0) is 18.1 Å². The van der Waals surface area contributed by atoms with Gasteiger partial charge in [0.05, 0.1) is 18.6 Å². The monoisotopic (exact) mass is 362 g/mol. The zero-order valence-electron chi connectivity index (χ0n) is 14.5. The van der Waals surface area contributed by atoms with Crippen LogP contribution in [0.2, 0.25) is 0 Å². The van der Waals surface area contributed by atoms with E-state index in [1.165, 1.54) is 11.8 Å². The summed E-state index contributed by atoms with van der Waals surface area (Å²) in [6, 6.07) is 7.07. The highest BCUT2D eigenvalue weighted by Gasteiger charge is 2.12. The summed E-state index contributed by atoms with van der Waals surface area (Å²) in [5.74, 6) is 0.787. The van der Waals surface area contributed by atoms with Crippen LogP contribution in [0.15, 0.2) is 41.8 Å². The number of urea groups is 1. The van der Waals surface area contributed by atoms with Crippen LogP contribution < -0.4 is 15.4 Å². The van der Waals surface area contributed by atoms with Crippen molar-refractivity contribution in [1.29, 1.82) is 0 Å². The second-order valence-electron chi connectivity index (χ2n) is 5.72. The number of ether oxygens (including phenoxy) is 1. The van der Waals surface area contributed by atoms with Crippen molar-refractivity contribution in [2.75, 3.05) is 19.4 Å². The van der Waals surface area contributed by atoms with Crippen molar-refractivity contribution >= 4 is 23.7 Å². The van der Waals surface area contributed by atoms with Crippen LogP contribution in [0.5, 0.6) is 5.75 Å². The zero-order chi connectivity index (χ0) is 18.2. The molecule has 2 N–H and O–H groups in total. The number of hydrogen-bond donors (Lipinski definition) is 2. The van der Waals surface area contributed by atoms with E-state index in [1.807, 2.05) is 48.9 Å². The minimum atomic E-state index is -0.476. The molecule has 0 radical (unpaired) electrons. The Balaban J connectivity index is 1.92. The van der Waals surface area contributed by atoms with E-state index in [0.717, 1.165) is 11.4 Å². The summed E-state index contributed by atoms with van der Waals surface area (Å²) in [5.41, 5.74) is 0.884. The first-order valence-electron chi connectivity index (χ1n) is 7.88. The maximum Gasteiger partial charge on any atom is 0.321 e. The molecule has 1 heterocycles. The highest BCUT2D eigenvalue weighted by Crippen LogP contribution is 2.22. The SMILES string of the molecule is COc1cccc(-n2ccnc2SCC(=O)NC(=O)NCC(C)C)c1. The van der Waals surface area contributed by atoms with Crippen LogP contribution in [0.3, 0.4) is 0 Å². The summed E-state index contributed by atoms with van der Waals surface area (Å²) in [4.78, 5) is 27.7. The fourth-order valence-corrected chi connectivity index (χ4v) is 2.76. The molecule has 0 aliphatic heterocycles. The standard InChI is InChI=1S/C17H22N4O3S/c1-12(2)10-19-16(23)20-15(22)11-25-17-18-7-8-21(17)13-5-4-6-14(9-13)24-3/h4-9,12H,10-11H2,1-3H3,(H2,19,20,22,23). The number of rotatable bonds is 7. The van der Waals surface area contributed by atoms with E-state index >= 15 is 0 Å². The zero-order valence-corrected chi connectivity index (χ0v) is 15.3. The van der Waals surface area contributed by atoms with Gasteiger partial charge >= 0.3 is 6.03 Å². The number of imide groups is 1. The average molecular weight is 362 g/mol. The van der Waals surface area contributed by atoms with Crippen molar-refractivity contribution < 1.29 is 14.3 Å². The molecule has 0 saturated heterocycles. The van der Waals surface area contributed by atoms with Gasteiger partial charge in [-0.3, -0.25) is 14.7 Å². The summed E-state index contributed by atoms with van der Waals surface area (Å²) in [5, 5.41) is 5.61. The first kappa shape index (κ1) is 18.9. The van der Waals surface area contributed by atoms with Crippen LogP contribution in [0.25, 0.3) is 5.69 Å². The fourth-order valence-electron chi connectivity index (χ4n) is 1.99. The predicted molar refractivity (Wildman–Crippen MR) is 97.2 cm³/mol. The third kappa shape index (κ3) is 5.82. The Morgan fingerprint density at radius 2 is 2.16 bits per heavy atom. The molecule has 1 aromatic carbocycles. The molecule has 0 spiro atoms. The molecule has 7 nitrogen and oxygen atoms in total. The lowest BCUT2D eigenvalue weighted by molar-refractivity contribution is -0.117. The van der Waals surface area contributed by atoms with Crippen molar-refractivity contribution in [2.45, 2.75) is 19.0 Å². The molecule has 0 aliphatic carbocycles. The van der Waals surface area contributed by atoms with Gasteiger partial charge in [-0.1, -0.05) is 31.7 Å². The molecule has 0 bridgehead atoms. The molecule has 1 aromatic heterocycles. The first-order valence-corrected chi connectivity index (χ1v) is 8.86. The van der Waals surface area contributed by atoms with Crippen LogP contribution in [-0.4, -0.2) is 40.9 Å². The molecule has 2 rings (SSSR count). The van der Waals surface area contributed by atoms with E-state index in [0.29, 0.717) is 17.6 Å². The fraction of sp³-hybridized carbons (Fsp3) is 0.353. The van der Waals surface area contributed by atoms with Gasteiger partial charge in [0.2, 0.25) is 5.91 Å². The molecule has 0 unspecified atom stereocenters. The van der Waals surface area contributed by atoms with E-state index in [4.69, 9.17) is 4.74 Å². The number of methoxy groups -OCH3 is 1. The maximum absolute atomic E-state index is 11.9. The number of carbonyl (C=O) groups is 2. The van der Waals surface area contributed by atoms with Crippen molar-refractivity contribution in [3.8, 4) is 11.4 Å². The second kappa shape index (κ2) is 9.12. The summed E-state index contributed by atoms with van der Waals surface area (Å²) in [6.45, 7) is 4.49. The molecule has 2 aromatic rings. The predicted octanol–water partition coefficient (Wildman–Crippen LogP) is 2.45. The largest absolute Gasteiger partial charge is 0.497 e. The molecule has 3 amide bonds. The van der Waals surface area contributed by atoms with Gasteiger partial charge in [-0.25, -0.2) is 9.78 Å². The number of benzene rings is 1. The van der Waals surface area contributed by atoms with Gasteiger partial charge in [0.15, 0.2) is 5.16 Å². The lowest BCUT2D eigenvalue weighted by atomic mass is 10.2. The second-order valence-corrected chi connectivity index (χ2v) is 6.66. The van der Waals surface area contributed by atoms with Gasteiger partial charge < -0.3 is 10.1 Å². The van der Waals surface area contributed by atoms with Gasteiger partial charge in [0.1, 0.15) is 5.75 Å². The van der Waals surface area contributed by atoms with Crippen LogP contribution in [0.1, 0.15) is 13.8 Å². The third-order valence-corrected chi connectivity index (χ3v) is 4.16. The number of nitrogens with one attached hydrogen (secondary N) is 2. The number of imidazole rings is 1. The van der Waals surface area contributed by atoms with Crippen LogP contribution >= 0.6 is 11.8 Å². The van der Waals surface area contributed by atoms with E-state index in [1.54, 1.807) is 13.3 Å². The van der Waals surface area contributed by atoms with Crippen molar-refractivity contribution in [1.82, 2.24) is 20.2 Å². The van der Waals surface area contributed by atoms with E-state index in [9.17, 15) is 9.59 Å². The summed E-state index contributed by atoms with van der Waals surface area (Å²) in [6.07, 6.45) is 3.47. The molecule has 0 fully saturated rings. The smallest absolute Gasteiger partial charge is 0.321 e. The molecule has 0 atom stereocenters. The number of hydrogen-bond acceptors (Lipinski definition) is 5. The summed E-state index contributed by atoms with van der Waals surface area (Å²) < 4.78 is 7.09. The Kier molecular flexibility index (Phi) is 6.88. The Morgan fingerprint density at radius 1 is 1.36 bits per heavy atom. The number of thioether (sulfide) groups is 1. The topological polar surface area (TPSA) is 85.2 Å². The van der Waals surface area contributed by atoms with Crippen molar-refractivity contribution in [3.63, 3.8) is 0 Å². The lowest BCUT2D eigenvalue weighted by Crippen LogP contribution is -2.41. The van der Waals surface area contributed by atoms with Gasteiger partial charge in [0.25, 0.3) is 0 Å². The van der Waals surface area contributed by atoms with E-state index < -0.39 is 6.03 Å². The normalized spacial score (nSPS) is 10.6. The summed E-state index contributed by atoms with van der Waals surface area (Å²) >= 11 is 1.26. The molecule has 0 saturated carbocycles. The van der Waals surface area contributed by atoms with E-state index in [2.05, 4.69) is 15.6 Å². The van der Waals surface area contributed by atoms with Crippen molar-refractivity contribution in [2.24, 2.45) is 5.92 Å². The number of nitrogens with zero attached hydrogens (tertiary/aromatic N) is 2. The quantitative estimate of drug-likeness (QED) is 0.739. The molecule has 8 heteroatoms. The van der Waals surface area contributed by atoms with Gasteiger partial charge in [-0.2, -0.15) is 0 Å². The summed E-state index contributed by atoms with van der Waals surface area (Å²) in [7, 11) is 1.61. The highest BCUT2D eigenvalue weighted by atomic mass is 32.2. The number of aromatic nitrogens is 2. The highest BCUT2D eigenvalue weighted by molar-refractivity contribution is 7.99. The Labute approximate surface area is 151 Å². The molecule has 134 valence electrons. The third-order valence-electron chi connectivity index (χ3n) is 3.19. The number of carbonyl (C=O) groups excluding carboxylic acids is 2. The Bertz CT molecular complexity index is 730. The molecule has 25 heavy (non-hydrogen) atoms. The van der Waals surface area contributed by atoms with Crippen LogP contribution in [-0.2, 0) is 4.79 Å². The minimum Gasteiger partial charge on any atom is -0.497 e. The Morgan fingerprint density at radius 3 is 2.88 bits per heavy atom. The lowest BCUT2D eigenvalue weighted by Gasteiger charge is -2.10. The first-order chi connectivity index (χ1) is 12.0. The van der Waals surface area contributed by atoms with Crippen LogP contribution in [0, 0.1) is 5.92 Å². The Hall–Kier alpha value is -2.48.